The maximum atomic E-state index is 13.5. The fourth-order valence-electron chi connectivity index (χ4n) is 4.22. The van der Waals surface area contributed by atoms with E-state index in [1.54, 1.807) is 29.2 Å². The van der Waals surface area contributed by atoms with Gasteiger partial charge in [-0.25, -0.2) is 8.42 Å². The van der Waals surface area contributed by atoms with Crippen molar-refractivity contribution in [2.75, 3.05) is 45.8 Å². The van der Waals surface area contributed by atoms with E-state index in [4.69, 9.17) is 0 Å². The second-order valence-corrected chi connectivity index (χ2v) is 9.29. The van der Waals surface area contributed by atoms with Gasteiger partial charge >= 0.3 is 0 Å². The molecule has 1 aromatic carbocycles. The summed E-state index contributed by atoms with van der Waals surface area (Å²) in [6, 6.07) is 6.51. The van der Waals surface area contributed by atoms with Crippen molar-refractivity contribution in [3.63, 3.8) is 0 Å². The van der Waals surface area contributed by atoms with Crippen LogP contribution in [0.15, 0.2) is 34.9 Å². The lowest BCUT2D eigenvalue weighted by atomic mass is 9.92. The molecular weight excluding hydrogens is 378 g/mol. The first-order valence-corrected chi connectivity index (χ1v) is 11.3. The molecular formula is C20H25N3O4S. The number of piperazine rings is 1. The van der Waals surface area contributed by atoms with Crippen LogP contribution in [-0.2, 0) is 10.0 Å². The van der Waals surface area contributed by atoms with Crippen LogP contribution in [0.2, 0.25) is 0 Å². The fraction of sp³-hybridized carbons (Fsp3) is 0.500. The zero-order valence-electron chi connectivity index (χ0n) is 16.1. The number of likely N-dealkylation sites (N-methyl/N-ethyl adjacent to an activating group) is 1. The van der Waals surface area contributed by atoms with Gasteiger partial charge < -0.3 is 9.80 Å². The van der Waals surface area contributed by atoms with Crippen molar-refractivity contribution in [3.05, 3.63) is 46.0 Å². The third-order valence-corrected chi connectivity index (χ3v) is 7.79. The highest BCUT2D eigenvalue weighted by molar-refractivity contribution is 7.94. The van der Waals surface area contributed by atoms with E-state index in [0.717, 1.165) is 19.4 Å². The molecule has 4 rings (SSSR count). The van der Waals surface area contributed by atoms with Crippen LogP contribution in [0, 0.1) is 0 Å². The average Bonchev–Trinajstić information content (AvgIpc) is 3.24. The molecule has 2 heterocycles. The van der Waals surface area contributed by atoms with Gasteiger partial charge in [0.05, 0.1) is 0 Å². The number of carbonyl (C=O) groups excluding carboxylic acids is 2. The molecule has 8 heteroatoms. The highest BCUT2D eigenvalue weighted by Gasteiger charge is 2.44. The van der Waals surface area contributed by atoms with Gasteiger partial charge in [0.2, 0.25) is 21.6 Å². The van der Waals surface area contributed by atoms with E-state index in [9.17, 15) is 18.0 Å². The Morgan fingerprint density at radius 3 is 2.00 bits per heavy atom. The van der Waals surface area contributed by atoms with Gasteiger partial charge in [-0.2, -0.15) is 4.31 Å². The zero-order valence-corrected chi connectivity index (χ0v) is 16.9. The van der Waals surface area contributed by atoms with Gasteiger partial charge in [0.15, 0.2) is 4.91 Å². The SMILES string of the molecule is CCN1CCN(S(=O)(=O)C2=C(N3CCCC3)C(=O)c3ccccc3C2=O)CC1. The molecule has 150 valence electrons. The van der Waals surface area contributed by atoms with Crippen molar-refractivity contribution < 1.29 is 18.0 Å². The number of Topliss-reactive ketones (excluding diaryl/α,β-unsaturated/α-hetero) is 2. The van der Waals surface area contributed by atoms with E-state index >= 15 is 0 Å². The van der Waals surface area contributed by atoms with Crippen LogP contribution in [0.25, 0.3) is 0 Å². The Morgan fingerprint density at radius 1 is 0.857 bits per heavy atom. The molecule has 0 N–H and O–H groups in total. The fourth-order valence-corrected chi connectivity index (χ4v) is 5.93. The minimum Gasteiger partial charge on any atom is -0.367 e. The summed E-state index contributed by atoms with van der Waals surface area (Å²) in [6.07, 6.45) is 1.77. The normalized spacial score (nSPS) is 22.1. The van der Waals surface area contributed by atoms with Crippen molar-refractivity contribution >= 4 is 21.6 Å². The first kappa shape index (κ1) is 19.3. The molecule has 7 nitrogen and oxygen atoms in total. The van der Waals surface area contributed by atoms with Gasteiger partial charge in [0.1, 0.15) is 5.70 Å². The average molecular weight is 404 g/mol. The molecule has 0 spiro atoms. The maximum Gasteiger partial charge on any atom is 0.249 e. The molecule has 2 saturated heterocycles. The Kier molecular flexibility index (Phi) is 5.11. The summed E-state index contributed by atoms with van der Waals surface area (Å²) >= 11 is 0. The largest absolute Gasteiger partial charge is 0.367 e. The molecule has 0 aromatic heterocycles. The molecule has 0 amide bonds. The number of benzene rings is 1. The van der Waals surface area contributed by atoms with E-state index in [2.05, 4.69) is 4.90 Å². The predicted octanol–water partition coefficient (Wildman–Crippen LogP) is 1.34. The molecule has 0 unspecified atom stereocenters. The molecule has 3 aliphatic rings. The van der Waals surface area contributed by atoms with E-state index in [1.165, 1.54) is 4.31 Å². The quantitative estimate of drug-likeness (QED) is 0.755. The first-order chi connectivity index (χ1) is 13.4. The van der Waals surface area contributed by atoms with Gasteiger partial charge in [-0.05, 0) is 19.4 Å². The van der Waals surface area contributed by atoms with E-state index in [-0.39, 0.29) is 21.9 Å². The summed E-state index contributed by atoms with van der Waals surface area (Å²) in [4.78, 5) is 30.2. The van der Waals surface area contributed by atoms with Crippen molar-refractivity contribution in [2.24, 2.45) is 0 Å². The van der Waals surface area contributed by atoms with Crippen molar-refractivity contribution in [1.29, 1.82) is 0 Å². The van der Waals surface area contributed by atoms with Gasteiger partial charge in [-0.15, -0.1) is 0 Å². The molecule has 28 heavy (non-hydrogen) atoms. The molecule has 0 saturated carbocycles. The number of fused-ring (bicyclic) bond motifs is 1. The third-order valence-electron chi connectivity index (χ3n) is 5.85. The summed E-state index contributed by atoms with van der Waals surface area (Å²) in [5.74, 6) is -0.919. The monoisotopic (exact) mass is 403 g/mol. The van der Waals surface area contributed by atoms with Gasteiger partial charge in [0, 0.05) is 50.4 Å². The number of sulfonamides is 1. The minimum absolute atomic E-state index is 0.0686. The second kappa shape index (κ2) is 7.42. The summed E-state index contributed by atoms with van der Waals surface area (Å²) in [7, 11) is -4.05. The number of carbonyl (C=O) groups is 2. The number of hydrogen-bond acceptors (Lipinski definition) is 6. The number of nitrogens with zero attached hydrogens (tertiary/aromatic N) is 3. The summed E-state index contributed by atoms with van der Waals surface area (Å²) in [5, 5.41) is 0. The van der Waals surface area contributed by atoms with E-state index < -0.39 is 15.8 Å². The van der Waals surface area contributed by atoms with Crippen molar-refractivity contribution in [3.8, 4) is 0 Å². The Bertz CT molecular complexity index is 940. The van der Waals surface area contributed by atoms with Crippen LogP contribution in [0.5, 0.6) is 0 Å². The van der Waals surface area contributed by atoms with Crippen LogP contribution in [0.3, 0.4) is 0 Å². The van der Waals surface area contributed by atoms with Crippen molar-refractivity contribution in [2.45, 2.75) is 19.8 Å². The minimum atomic E-state index is -4.05. The number of likely N-dealkylation sites (tertiary alicyclic amines) is 1. The molecule has 0 radical (unpaired) electrons. The molecule has 0 atom stereocenters. The van der Waals surface area contributed by atoms with Gasteiger partial charge in [-0.1, -0.05) is 31.2 Å². The lowest BCUT2D eigenvalue weighted by Crippen LogP contribution is -2.50. The Balaban J connectivity index is 1.82. The number of allylic oxidation sites excluding steroid dienone is 2. The molecule has 1 aliphatic carbocycles. The number of hydrogen-bond donors (Lipinski definition) is 0. The Morgan fingerprint density at radius 2 is 1.43 bits per heavy atom. The highest BCUT2D eigenvalue weighted by atomic mass is 32.2. The summed E-state index contributed by atoms with van der Waals surface area (Å²) in [6.45, 7) is 6.00. The predicted molar refractivity (Wildman–Crippen MR) is 106 cm³/mol. The first-order valence-electron chi connectivity index (χ1n) is 9.85. The number of ketones is 2. The highest BCUT2D eigenvalue weighted by Crippen LogP contribution is 2.34. The zero-order chi connectivity index (χ0) is 19.9. The van der Waals surface area contributed by atoms with Crippen LogP contribution < -0.4 is 0 Å². The summed E-state index contributed by atoms with van der Waals surface area (Å²) < 4.78 is 28.4. The smallest absolute Gasteiger partial charge is 0.249 e. The van der Waals surface area contributed by atoms with Crippen LogP contribution in [0.1, 0.15) is 40.5 Å². The molecule has 1 aromatic rings. The Hall–Kier alpha value is -2.03. The van der Waals surface area contributed by atoms with Gasteiger partial charge in [-0.3, -0.25) is 9.59 Å². The Labute approximate surface area is 165 Å². The second-order valence-electron chi connectivity index (χ2n) is 7.41. The standard InChI is InChI=1S/C20H25N3O4S/c1-2-21-11-13-23(14-12-21)28(26,27)20-17(22-9-5-6-10-22)18(24)15-7-3-4-8-16(15)19(20)25/h3-4,7-8H,2,5-6,9-14H2,1H3. The molecule has 2 fully saturated rings. The summed E-state index contributed by atoms with van der Waals surface area (Å²) in [5.41, 5.74) is 0.546. The third kappa shape index (κ3) is 3.09. The van der Waals surface area contributed by atoms with Crippen LogP contribution in [-0.4, -0.2) is 79.9 Å². The van der Waals surface area contributed by atoms with E-state index in [1.807, 2.05) is 6.92 Å². The maximum absolute atomic E-state index is 13.5. The molecule has 2 aliphatic heterocycles. The lowest BCUT2D eigenvalue weighted by Gasteiger charge is -2.35. The van der Waals surface area contributed by atoms with E-state index in [0.29, 0.717) is 44.8 Å². The molecule has 0 bridgehead atoms. The van der Waals surface area contributed by atoms with Crippen LogP contribution in [0.4, 0.5) is 0 Å². The topological polar surface area (TPSA) is 78.0 Å². The van der Waals surface area contributed by atoms with Crippen molar-refractivity contribution in [1.82, 2.24) is 14.1 Å². The number of rotatable bonds is 4. The van der Waals surface area contributed by atoms with Crippen LogP contribution >= 0.6 is 0 Å². The lowest BCUT2D eigenvalue weighted by molar-refractivity contribution is 0.0951. The van der Waals surface area contributed by atoms with Gasteiger partial charge in [0.25, 0.3) is 0 Å².